The minimum Gasteiger partial charge on any atom is -0.453 e. The first-order valence-corrected chi connectivity index (χ1v) is 16.1. The first-order chi connectivity index (χ1) is 23.7. The fraction of sp³-hybridized carbons (Fsp3) is 0.263. The molecular formula is C38H37F3N4O4. The van der Waals surface area contributed by atoms with Crippen molar-refractivity contribution in [1.29, 1.82) is 0 Å². The topological polar surface area (TPSA) is 104 Å². The third-order valence-electron chi connectivity index (χ3n) is 8.84. The van der Waals surface area contributed by atoms with E-state index in [0.29, 0.717) is 42.6 Å². The van der Waals surface area contributed by atoms with Gasteiger partial charge in [-0.05, 0) is 59.9 Å². The number of benzene rings is 4. The highest BCUT2D eigenvalue weighted by atomic mass is 19.4. The molecule has 1 aliphatic heterocycles. The van der Waals surface area contributed by atoms with Crippen LogP contribution in [0, 0.1) is 0 Å². The highest BCUT2D eigenvalue weighted by Gasteiger charge is 2.34. The Morgan fingerprint density at radius 2 is 1.59 bits per heavy atom. The quantitative estimate of drug-likeness (QED) is 0.125. The number of methoxy groups -OCH3 is 1. The summed E-state index contributed by atoms with van der Waals surface area (Å²) >= 11 is 0. The molecule has 1 saturated heterocycles. The summed E-state index contributed by atoms with van der Waals surface area (Å²) in [6, 6.07) is 30.8. The van der Waals surface area contributed by atoms with Crippen LogP contribution >= 0.6 is 0 Å². The molecule has 2 heterocycles. The van der Waals surface area contributed by atoms with Crippen molar-refractivity contribution in [2.24, 2.45) is 0 Å². The maximum absolute atomic E-state index is 14.0. The zero-order valence-electron chi connectivity index (χ0n) is 26.8. The van der Waals surface area contributed by atoms with Crippen LogP contribution in [0.1, 0.15) is 46.3 Å². The molecule has 0 aliphatic carbocycles. The van der Waals surface area contributed by atoms with Crippen LogP contribution < -0.4 is 16.0 Å². The second-order valence-electron chi connectivity index (χ2n) is 12.0. The minimum absolute atomic E-state index is 0.115. The number of aromatic nitrogens is 1. The van der Waals surface area contributed by atoms with Gasteiger partial charge in [-0.25, -0.2) is 4.79 Å². The van der Waals surface area contributed by atoms with E-state index in [1.54, 1.807) is 6.07 Å². The predicted molar refractivity (Wildman–Crippen MR) is 181 cm³/mol. The third kappa shape index (κ3) is 8.13. The van der Waals surface area contributed by atoms with Crippen molar-refractivity contribution in [2.45, 2.75) is 43.1 Å². The van der Waals surface area contributed by atoms with E-state index >= 15 is 0 Å². The summed E-state index contributed by atoms with van der Waals surface area (Å²) < 4.78 is 50.6. The highest BCUT2D eigenvalue weighted by Crippen LogP contribution is 2.33. The molecular weight excluding hydrogens is 633 g/mol. The van der Waals surface area contributed by atoms with Crippen molar-refractivity contribution in [3.8, 4) is 0 Å². The van der Waals surface area contributed by atoms with Crippen LogP contribution in [0.25, 0.3) is 10.9 Å². The number of ether oxygens (including phenoxy) is 2. The number of amides is 2. The molecule has 1 fully saturated rings. The van der Waals surface area contributed by atoms with Gasteiger partial charge in [0.05, 0.1) is 31.4 Å². The molecule has 0 spiro atoms. The lowest BCUT2D eigenvalue weighted by Crippen LogP contribution is -2.48. The van der Waals surface area contributed by atoms with Crippen molar-refractivity contribution >= 4 is 28.6 Å². The number of hydrogen-bond donors (Lipinski definition) is 4. The normalized spacial score (nSPS) is 17.1. The van der Waals surface area contributed by atoms with E-state index in [4.69, 9.17) is 9.47 Å². The lowest BCUT2D eigenvalue weighted by atomic mass is 9.84. The molecule has 8 nitrogen and oxygen atoms in total. The molecule has 4 N–H and O–H groups in total. The standard InChI is InChI=1S/C38H37F3N4O4/c1-48-37(47)45-35(34(25-11-4-2-5-12-25)26-13-6-3-7-14-26)36(46)44-30-15-9-8-10-24(30)16-18-29-22-42-33(23-49-29)32-21-27-20-28(38(39,40)41)17-19-31(27)43-32/h2-15,17,19-21,29,33-35,42-43H,16,18,22-23H2,1H3,(H,44,46)(H,45,47)/t29-,33+,35?/m1/s1. The number of aromatic amines is 1. The molecule has 6 rings (SSSR count). The number of carbonyl (C=O) groups excluding carboxylic acids is 2. The minimum atomic E-state index is -4.40. The summed E-state index contributed by atoms with van der Waals surface area (Å²) in [7, 11) is 1.26. The lowest BCUT2D eigenvalue weighted by molar-refractivity contribution is -0.137. The molecule has 11 heteroatoms. The van der Waals surface area contributed by atoms with E-state index in [1.165, 1.54) is 13.2 Å². The summed E-state index contributed by atoms with van der Waals surface area (Å²) in [6.45, 7) is 0.895. The van der Waals surface area contributed by atoms with Gasteiger partial charge in [-0.15, -0.1) is 0 Å². The molecule has 0 radical (unpaired) electrons. The smallest absolute Gasteiger partial charge is 0.416 e. The van der Waals surface area contributed by atoms with Gasteiger partial charge in [0.2, 0.25) is 5.91 Å². The van der Waals surface area contributed by atoms with Gasteiger partial charge in [0, 0.05) is 34.7 Å². The van der Waals surface area contributed by atoms with E-state index in [2.05, 4.69) is 20.9 Å². The SMILES string of the molecule is COC(=O)NC(C(=O)Nc1ccccc1CC[C@@H]1CN[C@H](c2cc3cc(C(F)(F)F)ccc3[nH]2)CO1)C(c1ccccc1)c1ccccc1. The number of fused-ring (bicyclic) bond motifs is 1. The Labute approximate surface area is 282 Å². The van der Waals surface area contributed by atoms with Crippen molar-refractivity contribution < 1.29 is 32.2 Å². The Bertz CT molecular complexity index is 1830. The first kappa shape index (κ1) is 33.8. The number of alkyl halides is 3. The number of nitrogens with one attached hydrogen (secondary N) is 4. The number of H-pyrrole nitrogens is 1. The van der Waals surface area contributed by atoms with E-state index in [9.17, 15) is 22.8 Å². The molecule has 0 bridgehead atoms. The van der Waals surface area contributed by atoms with Gasteiger partial charge in [0.15, 0.2) is 0 Å². The van der Waals surface area contributed by atoms with Gasteiger partial charge < -0.3 is 30.4 Å². The van der Waals surface area contributed by atoms with Gasteiger partial charge in [-0.3, -0.25) is 4.79 Å². The Kier molecular flexibility index (Phi) is 10.3. The molecule has 254 valence electrons. The van der Waals surface area contributed by atoms with Crippen molar-refractivity contribution in [3.63, 3.8) is 0 Å². The van der Waals surface area contributed by atoms with Gasteiger partial charge in [0.1, 0.15) is 6.04 Å². The second kappa shape index (κ2) is 15.0. The number of hydrogen-bond acceptors (Lipinski definition) is 5. The maximum Gasteiger partial charge on any atom is 0.416 e. The molecule has 0 saturated carbocycles. The Morgan fingerprint density at radius 3 is 2.22 bits per heavy atom. The van der Waals surface area contributed by atoms with Crippen LogP contribution in [-0.2, 0) is 26.9 Å². The summed E-state index contributed by atoms with van der Waals surface area (Å²) in [5.41, 5.74) is 3.97. The van der Waals surface area contributed by atoms with Crippen LogP contribution in [0.3, 0.4) is 0 Å². The Balaban J connectivity index is 1.12. The van der Waals surface area contributed by atoms with Gasteiger partial charge in [-0.1, -0.05) is 78.9 Å². The Hall–Kier alpha value is -5.13. The number of carbonyl (C=O) groups is 2. The molecule has 1 aromatic heterocycles. The largest absolute Gasteiger partial charge is 0.453 e. The van der Waals surface area contributed by atoms with Crippen LogP contribution in [0.2, 0.25) is 0 Å². The van der Waals surface area contributed by atoms with Crippen molar-refractivity contribution in [1.82, 2.24) is 15.6 Å². The number of rotatable bonds is 10. The van der Waals surface area contributed by atoms with Crippen LogP contribution in [0.5, 0.6) is 0 Å². The first-order valence-electron chi connectivity index (χ1n) is 16.1. The van der Waals surface area contributed by atoms with Gasteiger partial charge in [-0.2, -0.15) is 13.2 Å². The molecule has 49 heavy (non-hydrogen) atoms. The maximum atomic E-state index is 14.0. The van der Waals surface area contributed by atoms with Gasteiger partial charge in [0.25, 0.3) is 0 Å². The second-order valence-corrected chi connectivity index (χ2v) is 12.0. The van der Waals surface area contributed by atoms with Gasteiger partial charge >= 0.3 is 12.3 Å². The predicted octanol–water partition coefficient (Wildman–Crippen LogP) is 7.34. The molecule has 5 aromatic rings. The molecule has 3 atom stereocenters. The fourth-order valence-electron chi connectivity index (χ4n) is 6.30. The van der Waals surface area contributed by atoms with Crippen molar-refractivity contribution in [3.05, 3.63) is 137 Å². The number of halogens is 3. The van der Waals surface area contributed by atoms with E-state index < -0.39 is 35.7 Å². The average molecular weight is 671 g/mol. The Morgan fingerprint density at radius 1 is 0.918 bits per heavy atom. The average Bonchev–Trinajstić information content (AvgIpc) is 3.55. The summed E-state index contributed by atoms with van der Waals surface area (Å²) in [5, 5.41) is 9.78. The van der Waals surface area contributed by atoms with Crippen LogP contribution in [0.15, 0.2) is 109 Å². The number of morpholine rings is 1. The van der Waals surface area contributed by atoms with E-state index in [0.717, 1.165) is 34.5 Å². The zero-order valence-corrected chi connectivity index (χ0v) is 26.8. The number of alkyl carbamates (subject to hydrolysis) is 1. The number of aryl methyl sites for hydroxylation is 1. The fourth-order valence-corrected chi connectivity index (χ4v) is 6.30. The molecule has 4 aromatic carbocycles. The zero-order chi connectivity index (χ0) is 34.4. The van der Waals surface area contributed by atoms with Crippen LogP contribution in [-0.4, -0.2) is 49.4 Å². The van der Waals surface area contributed by atoms with Crippen LogP contribution in [0.4, 0.5) is 23.7 Å². The van der Waals surface area contributed by atoms with E-state index in [1.807, 2.05) is 84.9 Å². The molecule has 1 aliphatic rings. The number of para-hydroxylation sites is 1. The molecule has 1 unspecified atom stereocenters. The van der Waals surface area contributed by atoms with Crippen molar-refractivity contribution in [2.75, 3.05) is 25.6 Å². The highest BCUT2D eigenvalue weighted by molar-refractivity contribution is 5.98. The van der Waals surface area contributed by atoms with E-state index in [-0.39, 0.29) is 12.1 Å². The summed E-state index contributed by atoms with van der Waals surface area (Å²) in [6.07, 6.45) is -3.97. The summed E-state index contributed by atoms with van der Waals surface area (Å²) in [4.78, 5) is 29.8. The monoisotopic (exact) mass is 670 g/mol. The molecule has 2 amide bonds. The number of anilines is 1. The summed E-state index contributed by atoms with van der Waals surface area (Å²) in [5.74, 6) is -0.887. The lowest BCUT2D eigenvalue weighted by Gasteiger charge is -2.30. The third-order valence-corrected chi connectivity index (χ3v) is 8.84.